The molecule has 4 aromatic rings. The summed E-state index contributed by atoms with van der Waals surface area (Å²) >= 11 is 0. The quantitative estimate of drug-likeness (QED) is 0.361. The lowest BCUT2D eigenvalue weighted by Gasteiger charge is -2.34. The van der Waals surface area contributed by atoms with E-state index in [-0.39, 0.29) is 37.2 Å². The lowest BCUT2D eigenvalue weighted by Crippen LogP contribution is -2.42. The number of benzene rings is 1. The zero-order chi connectivity index (χ0) is 26.3. The molecule has 0 aliphatic carbocycles. The van der Waals surface area contributed by atoms with Crippen LogP contribution in [0.4, 0.5) is 5.82 Å². The average molecular weight is 507 g/mol. The van der Waals surface area contributed by atoms with Gasteiger partial charge in [-0.2, -0.15) is 0 Å². The zero-order valence-corrected chi connectivity index (χ0v) is 21.4. The van der Waals surface area contributed by atoms with Gasteiger partial charge in [-0.3, -0.25) is 4.79 Å². The van der Waals surface area contributed by atoms with Crippen LogP contribution in [-0.4, -0.2) is 74.9 Å². The minimum absolute atomic E-state index is 0.0733. The van der Waals surface area contributed by atoms with Crippen LogP contribution in [0.3, 0.4) is 0 Å². The molecule has 11 heteroatoms. The molecule has 0 bridgehead atoms. The Bertz CT molecular complexity index is 1430. The summed E-state index contributed by atoms with van der Waals surface area (Å²) in [5, 5.41) is 22.0. The second kappa shape index (κ2) is 9.71. The molecule has 196 valence electrons. The van der Waals surface area contributed by atoms with Gasteiger partial charge in [-0.15, -0.1) is 0 Å². The molecule has 1 aromatic carbocycles. The van der Waals surface area contributed by atoms with Crippen molar-refractivity contribution >= 4 is 33.9 Å². The van der Waals surface area contributed by atoms with Gasteiger partial charge in [0.15, 0.2) is 11.5 Å². The van der Waals surface area contributed by atoms with E-state index in [1.54, 1.807) is 22.7 Å². The van der Waals surface area contributed by atoms with Crippen LogP contribution in [0.2, 0.25) is 0 Å². The van der Waals surface area contributed by atoms with Crippen molar-refractivity contribution in [1.82, 2.24) is 34.0 Å². The number of aliphatic hydroxyl groups excluding tert-OH is 1. The number of fused-ring (bicyclic) bond motifs is 2. The van der Waals surface area contributed by atoms with Crippen LogP contribution in [0.1, 0.15) is 57.8 Å². The minimum Gasteiger partial charge on any atom is -0.391 e. The van der Waals surface area contributed by atoms with E-state index in [1.807, 2.05) is 18.2 Å². The first kappa shape index (κ1) is 25.1. The molecule has 0 radical (unpaired) electrons. The number of nitrogens with two attached hydrogens (primary N) is 1. The van der Waals surface area contributed by atoms with E-state index in [0.717, 1.165) is 16.9 Å². The van der Waals surface area contributed by atoms with Gasteiger partial charge in [0.05, 0.1) is 35.1 Å². The van der Waals surface area contributed by atoms with Gasteiger partial charge >= 0.3 is 0 Å². The van der Waals surface area contributed by atoms with E-state index >= 15 is 0 Å². The van der Waals surface area contributed by atoms with Gasteiger partial charge in [-0.25, -0.2) is 19.9 Å². The molecule has 1 aliphatic heterocycles. The monoisotopic (exact) mass is 506 g/mol. The third-order valence-electron chi connectivity index (χ3n) is 7.24. The lowest BCUT2D eigenvalue weighted by atomic mass is 9.91. The molecule has 0 spiro atoms. The van der Waals surface area contributed by atoms with Crippen LogP contribution in [0.5, 0.6) is 0 Å². The number of aromatic nitrogens is 6. The van der Waals surface area contributed by atoms with Crippen LogP contribution in [0.15, 0.2) is 36.9 Å². The molecule has 1 aliphatic rings. The van der Waals surface area contributed by atoms with Crippen LogP contribution >= 0.6 is 0 Å². The number of hydrogen-bond donors (Lipinski definition) is 3. The first-order chi connectivity index (χ1) is 17.7. The maximum atomic E-state index is 13.4. The number of β-amino-alcohol motifs (C(OH)–C–C–N with tert-alkyl or cyclic N) is 1. The smallest absolute Gasteiger partial charge is 0.222 e. The Morgan fingerprint density at radius 3 is 2.78 bits per heavy atom. The van der Waals surface area contributed by atoms with E-state index in [1.165, 1.54) is 6.33 Å². The zero-order valence-electron chi connectivity index (χ0n) is 21.4. The molecular weight excluding hydrogens is 472 g/mol. The Kier molecular flexibility index (Phi) is 6.59. The Hall–Kier alpha value is -3.57. The standard InChI is InChI=1S/C26H34N8O3/c1-16(2)24-31-18-7-4-5-8-19(18)33(24)10-6-9-21(36)32-12-17(35)11-26(3,37)20(13-32)34-15-30-22-23(27)28-14-29-25(22)34/h4-5,7-8,14-17,20,35,37H,6,9-13H2,1-3H3,(H2,27,28,29)/t17-,20+,26+/m0/s1. The molecule has 37 heavy (non-hydrogen) atoms. The third kappa shape index (κ3) is 4.76. The summed E-state index contributed by atoms with van der Waals surface area (Å²) in [6.45, 7) is 6.93. The Labute approximate surface area is 215 Å². The fourth-order valence-corrected chi connectivity index (χ4v) is 5.42. The largest absolute Gasteiger partial charge is 0.391 e. The number of nitrogens with zero attached hydrogens (tertiary/aromatic N) is 7. The molecule has 1 amide bonds. The van der Waals surface area contributed by atoms with Crippen molar-refractivity contribution in [3.05, 3.63) is 42.7 Å². The minimum atomic E-state index is -1.30. The first-order valence-electron chi connectivity index (χ1n) is 12.7. The molecule has 0 unspecified atom stereocenters. The highest BCUT2D eigenvalue weighted by Gasteiger charge is 2.42. The topological polar surface area (TPSA) is 148 Å². The number of likely N-dealkylation sites (tertiary alicyclic amines) is 1. The molecule has 0 saturated carbocycles. The van der Waals surface area contributed by atoms with E-state index in [4.69, 9.17) is 10.7 Å². The van der Waals surface area contributed by atoms with Crippen LogP contribution in [-0.2, 0) is 11.3 Å². The number of anilines is 1. The number of aryl methyl sites for hydroxylation is 1. The number of amides is 1. The maximum absolute atomic E-state index is 13.4. The van der Waals surface area contributed by atoms with Crippen molar-refractivity contribution in [2.45, 2.75) is 70.2 Å². The Morgan fingerprint density at radius 1 is 1.22 bits per heavy atom. The number of nitrogen functional groups attached to an aromatic ring is 1. The third-order valence-corrected chi connectivity index (χ3v) is 7.24. The number of para-hydroxylation sites is 2. The SMILES string of the molecule is CC(C)c1nc2ccccc2n1CCCC(=O)N1C[C@@H](O)C[C@@](C)(O)[C@H](n2cnc3c(N)ncnc32)C1. The van der Waals surface area contributed by atoms with Crippen molar-refractivity contribution in [1.29, 1.82) is 0 Å². The summed E-state index contributed by atoms with van der Waals surface area (Å²) in [5.74, 6) is 1.44. The molecule has 4 N–H and O–H groups in total. The van der Waals surface area contributed by atoms with E-state index in [9.17, 15) is 15.0 Å². The van der Waals surface area contributed by atoms with Gasteiger partial charge in [-0.1, -0.05) is 26.0 Å². The number of carbonyl (C=O) groups excluding carboxylic acids is 1. The van der Waals surface area contributed by atoms with Crippen molar-refractivity contribution in [3.63, 3.8) is 0 Å². The second-order valence-corrected chi connectivity index (χ2v) is 10.5. The fourth-order valence-electron chi connectivity index (χ4n) is 5.42. The van der Waals surface area contributed by atoms with E-state index in [2.05, 4.69) is 39.4 Å². The molecule has 5 rings (SSSR count). The van der Waals surface area contributed by atoms with Gasteiger partial charge in [0.25, 0.3) is 0 Å². The van der Waals surface area contributed by atoms with E-state index in [0.29, 0.717) is 30.6 Å². The lowest BCUT2D eigenvalue weighted by molar-refractivity contribution is -0.133. The molecule has 11 nitrogen and oxygen atoms in total. The van der Waals surface area contributed by atoms with Crippen molar-refractivity contribution in [2.75, 3.05) is 18.8 Å². The highest BCUT2D eigenvalue weighted by molar-refractivity contribution is 5.81. The maximum Gasteiger partial charge on any atom is 0.222 e. The van der Waals surface area contributed by atoms with Gasteiger partial charge in [0.1, 0.15) is 17.7 Å². The normalized spacial score (nSPS) is 22.7. The van der Waals surface area contributed by atoms with Gasteiger partial charge in [0.2, 0.25) is 5.91 Å². The average Bonchev–Trinajstić information content (AvgIpc) is 3.41. The molecule has 1 fully saturated rings. The van der Waals surface area contributed by atoms with Crippen LogP contribution < -0.4 is 5.73 Å². The summed E-state index contributed by atoms with van der Waals surface area (Å²) < 4.78 is 3.93. The molecular formula is C26H34N8O3. The highest BCUT2D eigenvalue weighted by atomic mass is 16.3. The van der Waals surface area contributed by atoms with Gasteiger partial charge in [-0.05, 0) is 25.5 Å². The Balaban J connectivity index is 1.35. The predicted molar refractivity (Wildman–Crippen MR) is 140 cm³/mol. The molecule has 4 heterocycles. The van der Waals surface area contributed by atoms with Crippen LogP contribution in [0.25, 0.3) is 22.2 Å². The number of rotatable bonds is 6. The predicted octanol–water partition coefficient (Wildman–Crippen LogP) is 2.25. The number of aliphatic hydroxyl groups is 2. The molecule has 3 aromatic heterocycles. The highest BCUT2D eigenvalue weighted by Crippen LogP contribution is 2.34. The number of carbonyl (C=O) groups is 1. The van der Waals surface area contributed by atoms with Gasteiger partial charge in [0, 0.05) is 38.4 Å². The summed E-state index contributed by atoms with van der Waals surface area (Å²) in [6, 6.07) is 7.47. The molecule has 1 saturated heterocycles. The van der Waals surface area contributed by atoms with E-state index < -0.39 is 17.7 Å². The van der Waals surface area contributed by atoms with Crippen molar-refractivity contribution < 1.29 is 15.0 Å². The van der Waals surface area contributed by atoms with Crippen LogP contribution in [0, 0.1) is 0 Å². The van der Waals surface area contributed by atoms with Crippen molar-refractivity contribution in [2.24, 2.45) is 0 Å². The summed E-state index contributed by atoms with van der Waals surface area (Å²) in [6.07, 6.45) is 3.11. The Morgan fingerprint density at radius 2 is 2.00 bits per heavy atom. The summed E-state index contributed by atoms with van der Waals surface area (Å²) in [4.78, 5) is 32.4. The summed E-state index contributed by atoms with van der Waals surface area (Å²) in [5.41, 5.74) is 7.59. The molecule has 3 atom stereocenters. The first-order valence-corrected chi connectivity index (χ1v) is 12.7. The fraction of sp³-hybridized carbons (Fsp3) is 0.500. The van der Waals surface area contributed by atoms with Crippen molar-refractivity contribution in [3.8, 4) is 0 Å². The van der Waals surface area contributed by atoms with Gasteiger partial charge < -0.3 is 30.0 Å². The second-order valence-electron chi connectivity index (χ2n) is 10.5. The summed E-state index contributed by atoms with van der Waals surface area (Å²) in [7, 11) is 0. The number of imidazole rings is 2. The number of hydrogen-bond acceptors (Lipinski definition) is 8.